The summed E-state index contributed by atoms with van der Waals surface area (Å²) >= 11 is 0. The highest BCUT2D eigenvalue weighted by atomic mass is 16.1. The summed E-state index contributed by atoms with van der Waals surface area (Å²) in [6.07, 6.45) is 2.55. The molecule has 1 fully saturated rings. The lowest BCUT2D eigenvalue weighted by Gasteiger charge is -2.15. The molecule has 0 unspecified atom stereocenters. The van der Waals surface area contributed by atoms with Crippen molar-refractivity contribution in [2.24, 2.45) is 0 Å². The third-order valence-corrected chi connectivity index (χ3v) is 4.30. The van der Waals surface area contributed by atoms with Gasteiger partial charge in [0, 0.05) is 23.5 Å². The van der Waals surface area contributed by atoms with Gasteiger partial charge in [-0.15, -0.1) is 0 Å². The molecular formula is C19H23N3O. The lowest BCUT2D eigenvalue weighted by atomic mass is 10.1. The SMILES string of the molecule is Cc1ccc(N)cc1NC(=O)c1cccc(CN2CCCC2)c1. The van der Waals surface area contributed by atoms with Gasteiger partial charge in [0.2, 0.25) is 0 Å². The number of likely N-dealkylation sites (tertiary alicyclic amines) is 1. The van der Waals surface area contributed by atoms with Gasteiger partial charge in [0.25, 0.3) is 5.91 Å². The minimum Gasteiger partial charge on any atom is -0.399 e. The standard InChI is InChI=1S/C19H23N3O/c1-14-7-8-17(20)12-18(14)21-19(23)16-6-4-5-15(11-16)13-22-9-2-3-10-22/h4-8,11-12H,2-3,9-10,13,20H2,1H3,(H,21,23). The van der Waals surface area contributed by atoms with Crippen molar-refractivity contribution in [2.45, 2.75) is 26.3 Å². The van der Waals surface area contributed by atoms with Crippen LogP contribution in [0.5, 0.6) is 0 Å². The van der Waals surface area contributed by atoms with Crippen molar-refractivity contribution >= 4 is 17.3 Å². The van der Waals surface area contributed by atoms with Crippen molar-refractivity contribution in [3.05, 3.63) is 59.2 Å². The predicted molar refractivity (Wildman–Crippen MR) is 94.5 cm³/mol. The first kappa shape index (κ1) is 15.6. The second kappa shape index (κ2) is 6.84. The summed E-state index contributed by atoms with van der Waals surface area (Å²) in [6, 6.07) is 13.4. The van der Waals surface area contributed by atoms with E-state index in [-0.39, 0.29) is 5.91 Å². The van der Waals surface area contributed by atoms with Gasteiger partial charge in [-0.2, -0.15) is 0 Å². The summed E-state index contributed by atoms with van der Waals surface area (Å²) in [5, 5.41) is 2.96. The number of amides is 1. The summed E-state index contributed by atoms with van der Waals surface area (Å²) in [5.41, 5.74) is 10.1. The summed E-state index contributed by atoms with van der Waals surface area (Å²) < 4.78 is 0. The third kappa shape index (κ3) is 3.90. The van der Waals surface area contributed by atoms with Crippen LogP contribution in [0.25, 0.3) is 0 Å². The number of carbonyl (C=O) groups excluding carboxylic acids is 1. The van der Waals surface area contributed by atoms with Crippen molar-refractivity contribution in [2.75, 3.05) is 24.1 Å². The Balaban J connectivity index is 1.72. The van der Waals surface area contributed by atoms with E-state index in [1.807, 2.05) is 37.3 Å². The zero-order valence-corrected chi connectivity index (χ0v) is 13.5. The zero-order valence-electron chi connectivity index (χ0n) is 13.5. The van der Waals surface area contributed by atoms with E-state index >= 15 is 0 Å². The molecule has 0 spiro atoms. The number of aryl methyl sites for hydroxylation is 1. The smallest absolute Gasteiger partial charge is 0.255 e. The molecule has 0 bridgehead atoms. The van der Waals surface area contributed by atoms with Gasteiger partial charge in [0.15, 0.2) is 0 Å². The van der Waals surface area contributed by atoms with E-state index in [4.69, 9.17) is 5.73 Å². The fourth-order valence-electron chi connectivity index (χ4n) is 2.98. The number of nitrogens with zero attached hydrogens (tertiary/aromatic N) is 1. The normalized spacial score (nSPS) is 14.8. The Labute approximate surface area is 137 Å². The number of nitrogens with one attached hydrogen (secondary N) is 1. The number of rotatable bonds is 4. The first-order valence-electron chi connectivity index (χ1n) is 8.10. The summed E-state index contributed by atoms with van der Waals surface area (Å²) in [4.78, 5) is 14.9. The Kier molecular flexibility index (Phi) is 4.63. The van der Waals surface area contributed by atoms with Gasteiger partial charge in [-0.3, -0.25) is 9.69 Å². The van der Waals surface area contributed by atoms with Gasteiger partial charge in [-0.05, 0) is 68.2 Å². The first-order valence-corrected chi connectivity index (χ1v) is 8.10. The van der Waals surface area contributed by atoms with Crippen LogP contribution in [0.3, 0.4) is 0 Å². The van der Waals surface area contributed by atoms with Crippen LogP contribution in [0.2, 0.25) is 0 Å². The van der Waals surface area contributed by atoms with Crippen LogP contribution in [0.15, 0.2) is 42.5 Å². The molecule has 1 aliphatic heterocycles. The molecule has 1 aliphatic rings. The second-order valence-corrected chi connectivity index (χ2v) is 6.21. The molecule has 23 heavy (non-hydrogen) atoms. The summed E-state index contributed by atoms with van der Waals surface area (Å²) in [5.74, 6) is -0.0954. The van der Waals surface area contributed by atoms with Crippen LogP contribution in [0, 0.1) is 6.92 Å². The maximum Gasteiger partial charge on any atom is 0.255 e. The molecule has 120 valence electrons. The quantitative estimate of drug-likeness (QED) is 0.851. The van der Waals surface area contributed by atoms with Gasteiger partial charge in [-0.1, -0.05) is 18.2 Å². The average molecular weight is 309 g/mol. The van der Waals surface area contributed by atoms with Crippen LogP contribution < -0.4 is 11.1 Å². The fraction of sp³-hybridized carbons (Fsp3) is 0.316. The van der Waals surface area contributed by atoms with Gasteiger partial charge >= 0.3 is 0 Å². The van der Waals surface area contributed by atoms with Gasteiger partial charge in [-0.25, -0.2) is 0 Å². The van der Waals surface area contributed by atoms with E-state index in [2.05, 4.69) is 16.3 Å². The van der Waals surface area contributed by atoms with E-state index in [0.717, 1.165) is 30.9 Å². The van der Waals surface area contributed by atoms with E-state index < -0.39 is 0 Å². The number of hydrogen-bond donors (Lipinski definition) is 2. The number of carbonyl (C=O) groups is 1. The molecule has 1 heterocycles. The monoisotopic (exact) mass is 309 g/mol. The van der Waals surface area contributed by atoms with Crippen LogP contribution in [0.4, 0.5) is 11.4 Å². The fourth-order valence-corrected chi connectivity index (χ4v) is 2.98. The molecule has 0 saturated carbocycles. The van der Waals surface area contributed by atoms with Crippen LogP contribution in [-0.2, 0) is 6.54 Å². The van der Waals surface area contributed by atoms with E-state index in [9.17, 15) is 4.79 Å². The second-order valence-electron chi connectivity index (χ2n) is 6.21. The van der Waals surface area contributed by atoms with E-state index in [1.54, 1.807) is 6.07 Å². The Morgan fingerprint density at radius 1 is 1.17 bits per heavy atom. The topological polar surface area (TPSA) is 58.4 Å². The van der Waals surface area contributed by atoms with Gasteiger partial charge in [0.1, 0.15) is 0 Å². The van der Waals surface area contributed by atoms with Crippen molar-refractivity contribution in [1.29, 1.82) is 0 Å². The lowest BCUT2D eigenvalue weighted by molar-refractivity contribution is 0.102. The van der Waals surface area contributed by atoms with Crippen molar-refractivity contribution in [3.8, 4) is 0 Å². The highest BCUT2D eigenvalue weighted by Gasteiger charge is 2.13. The number of anilines is 2. The molecule has 3 rings (SSSR count). The first-order chi connectivity index (χ1) is 11.1. The molecule has 2 aromatic carbocycles. The van der Waals surface area contributed by atoms with Crippen LogP contribution in [0.1, 0.15) is 34.3 Å². The van der Waals surface area contributed by atoms with Crippen LogP contribution >= 0.6 is 0 Å². The Hall–Kier alpha value is -2.33. The zero-order chi connectivity index (χ0) is 16.2. The molecular weight excluding hydrogens is 286 g/mol. The molecule has 4 nitrogen and oxygen atoms in total. The van der Waals surface area contributed by atoms with Crippen molar-refractivity contribution in [3.63, 3.8) is 0 Å². The highest BCUT2D eigenvalue weighted by molar-refractivity contribution is 6.04. The van der Waals surface area contributed by atoms with Crippen LogP contribution in [-0.4, -0.2) is 23.9 Å². The predicted octanol–water partition coefficient (Wildman–Crippen LogP) is 3.43. The summed E-state index contributed by atoms with van der Waals surface area (Å²) in [6.45, 7) is 5.18. The summed E-state index contributed by atoms with van der Waals surface area (Å²) in [7, 11) is 0. The van der Waals surface area contributed by atoms with E-state index in [0.29, 0.717) is 11.3 Å². The minimum absolute atomic E-state index is 0.0954. The molecule has 0 radical (unpaired) electrons. The number of benzene rings is 2. The number of nitrogen functional groups attached to an aromatic ring is 1. The average Bonchev–Trinajstić information content (AvgIpc) is 3.04. The molecule has 0 atom stereocenters. The molecule has 1 amide bonds. The Morgan fingerprint density at radius 2 is 1.96 bits per heavy atom. The minimum atomic E-state index is -0.0954. The molecule has 1 saturated heterocycles. The van der Waals surface area contributed by atoms with E-state index in [1.165, 1.54) is 18.4 Å². The molecule has 2 aromatic rings. The molecule has 3 N–H and O–H groups in total. The number of hydrogen-bond acceptors (Lipinski definition) is 3. The Bertz CT molecular complexity index is 706. The number of nitrogens with two attached hydrogens (primary N) is 1. The highest BCUT2D eigenvalue weighted by Crippen LogP contribution is 2.20. The molecule has 0 aliphatic carbocycles. The maximum absolute atomic E-state index is 12.5. The molecule has 4 heteroatoms. The van der Waals surface area contributed by atoms with Crippen molar-refractivity contribution < 1.29 is 4.79 Å². The third-order valence-electron chi connectivity index (χ3n) is 4.30. The van der Waals surface area contributed by atoms with Crippen molar-refractivity contribution in [1.82, 2.24) is 4.90 Å². The lowest BCUT2D eigenvalue weighted by Crippen LogP contribution is -2.19. The van der Waals surface area contributed by atoms with Gasteiger partial charge in [0.05, 0.1) is 0 Å². The Morgan fingerprint density at radius 3 is 2.74 bits per heavy atom. The molecule has 0 aromatic heterocycles. The largest absolute Gasteiger partial charge is 0.399 e. The maximum atomic E-state index is 12.5. The van der Waals surface area contributed by atoms with Gasteiger partial charge < -0.3 is 11.1 Å².